The van der Waals surface area contributed by atoms with E-state index in [1.54, 1.807) is 0 Å². The van der Waals surface area contributed by atoms with Gasteiger partial charge in [-0.3, -0.25) is 0 Å². The topological polar surface area (TPSA) is 37.0 Å². The molecule has 1 aromatic heterocycles. The first-order valence-electron chi connectivity index (χ1n) is 7.48. The molecule has 2 N–H and O–H groups in total. The molecule has 1 atom stereocenters. The summed E-state index contributed by atoms with van der Waals surface area (Å²) >= 11 is 0. The molecule has 0 radical (unpaired) electrons. The summed E-state index contributed by atoms with van der Waals surface area (Å²) in [6.45, 7) is 6.62. The maximum Gasteiger partial charge on any atom is 0.168 e. The third-order valence-corrected chi connectivity index (χ3v) is 3.16. The molecule has 0 spiro atoms. The molecule has 0 aliphatic carbocycles. The standard InChI is InChI=1S/C15H25F2N3/c1-4-7-9-11(8-5-2)19-15-13(17)10-12(16)14(20-15)18-6-3/h10-11H,4-9H2,1-3H3,(H2,18,19,20). The van der Waals surface area contributed by atoms with Crippen molar-refractivity contribution >= 4 is 11.6 Å². The van der Waals surface area contributed by atoms with E-state index in [2.05, 4.69) is 29.5 Å². The number of unbranched alkanes of at least 4 members (excludes halogenated alkanes) is 1. The fourth-order valence-corrected chi connectivity index (χ4v) is 2.14. The molecule has 0 aromatic carbocycles. The Morgan fingerprint density at radius 3 is 2.35 bits per heavy atom. The van der Waals surface area contributed by atoms with E-state index in [1.165, 1.54) is 0 Å². The van der Waals surface area contributed by atoms with Gasteiger partial charge in [-0.05, 0) is 19.8 Å². The number of halogens is 2. The van der Waals surface area contributed by atoms with Crippen molar-refractivity contribution in [2.45, 2.75) is 58.9 Å². The highest BCUT2D eigenvalue weighted by Crippen LogP contribution is 2.21. The number of nitrogens with one attached hydrogen (secondary N) is 2. The molecule has 0 aliphatic heterocycles. The van der Waals surface area contributed by atoms with Crippen LogP contribution in [0.2, 0.25) is 0 Å². The molecular formula is C15H25F2N3. The van der Waals surface area contributed by atoms with Crippen LogP contribution in [0.5, 0.6) is 0 Å². The zero-order valence-electron chi connectivity index (χ0n) is 12.6. The predicted octanol–water partition coefficient (Wildman–Crippen LogP) is 4.56. The average molecular weight is 285 g/mol. The lowest BCUT2D eigenvalue weighted by Crippen LogP contribution is -2.21. The van der Waals surface area contributed by atoms with Crippen LogP contribution in [-0.2, 0) is 0 Å². The first-order valence-corrected chi connectivity index (χ1v) is 7.48. The van der Waals surface area contributed by atoms with Gasteiger partial charge in [-0.15, -0.1) is 0 Å². The minimum atomic E-state index is -0.657. The van der Waals surface area contributed by atoms with E-state index >= 15 is 0 Å². The van der Waals surface area contributed by atoms with Gasteiger partial charge in [0.05, 0.1) is 0 Å². The average Bonchev–Trinajstić information content (AvgIpc) is 2.41. The number of rotatable bonds is 9. The number of hydrogen-bond donors (Lipinski definition) is 2. The SMILES string of the molecule is CCCCC(CCC)Nc1nc(NCC)c(F)cc1F. The zero-order chi connectivity index (χ0) is 15.0. The maximum atomic E-state index is 13.8. The van der Waals surface area contributed by atoms with Crippen LogP contribution in [0.15, 0.2) is 6.07 Å². The van der Waals surface area contributed by atoms with Crippen molar-refractivity contribution in [1.29, 1.82) is 0 Å². The van der Waals surface area contributed by atoms with Crippen molar-refractivity contribution in [2.24, 2.45) is 0 Å². The Labute approximate surface area is 120 Å². The molecule has 114 valence electrons. The maximum absolute atomic E-state index is 13.8. The molecule has 0 aliphatic rings. The first kappa shape index (κ1) is 16.7. The summed E-state index contributed by atoms with van der Waals surface area (Å²) in [5.74, 6) is -1.06. The van der Waals surface area contributed by atoms with Gasteiger partial charge in [-0.1, -0.05) is 33.1 Å². The van der Waals surface area contributed by atoms with E-state index in [0.717, 1.165) is 38.2 Å². The van der Waals surface area contributed by atoms with Gasteiger partial charge in [0.2, 0.25) is 0 Å². The highest BCUT2D eigenvalue weighted by molar-refractivity contribution is 5.48. The lowest BCUT2D eigenvalue weighted by atomic mass is 10.1. The summed E-state index contributed by atoms with van der Waals surface area (Å²) in [6.07, 6.45) is 5.13. The highest BCUT2D eigenvalue weighted by atomic mass is 19.1. The largest absolute Gasteiger partial charge is 0.368 e. The van der Waals surface area contributed by atoms with Gasteiger partial charge in [-0.25, -0.2) is 13.8 Å². The van der Waals surface area contributed by atoms with E-state index in [-0.39, 0.29) is 17.7 Å². The second kappa shape index (κ2) is 8.72. The quantitative estimate of drug-likeness (QED) is 0.698. The third kappa shape index (κ3) is 4.94. The molecule has 0 saturated heterocycles. The molecule has 0 bridgehead atoms. The number of anilines is 2. The van der Waals surface area contributed by atoms with E-state index < -0.39 is 11.6 Å². The number of aromatic nitrogens is 1. The van der Waals surface area contributed by atoms with Crippen molar-refractivity contribution in [3.8, 4) is 0 Å². The van der Waals surface area contributed by atoms with Crippen LogP contribution >= 0.6 is 0 Å². The minimum Gasteiger partial charge on any atom is -0.368 e. The van der Waals surface area contributed by atoms with Crippen LogP contribution in [-0.4, -0.2) is 17.6 Å². The van der Waals surface area contributed by atoms with Gasteiger partial charge >= 0.3 is 0 Å². The van der Waals surface area contributed by atoms with Crippen LogP contribution in [0, 0.1) is 11.6 Å². The van der Waals surface area contributed by atoms with Gasteiger partial charge in [0.15, 0.2) is 23.3 Å². The number of nitrogens with zero attached hydrogens (tertiary/aromatic N) is 1. The van der Waals surface area contributed by atoms with Crippen LogP contribution < -0.4 is 10.6 Å². The summed E-state index contributed by atoms with van der Waals surface area (Å²) in [5.41, 5.74) is 0. The minimum absolute atomic E-state index is 0.0992. The molecular weight excluding hydrogens is 260 g/mol. The Hall–Kier alpha value is -1.39. The summed E-state index contributed by atoms with van der Waals surface area (Å²) < 4.78 is 27.3. The molecule has 3 nitrogen and oxygen atoms in total. The van der Waals surface area contributed by atoms with Crippen LogP contribution in [0.25, 0.3) is 0 Å². The molecule has 0 saturated carbocycles. The normalized spacial score (nSPS) is 12.2. The molecule has 1 unspecified atom stereocenters. The van der Waals surface area contributed by atoms with Crippen molar-refractivity contribution in [3.05, 3.63) is 17.7 Å². The van der Waals surface area contributed by atoms with Gasteiger partial charge in [0.1, 0.15) is 0 Å². The predicted molar refractivity (Wildman–Crippen MR) is 80.2 cm³/mol. The van der Waals surface area contributed by atoms with Crippen LogP contribution in [0.1, 0.15) is 52.9 Å². The summed E-state index contributed by atoms with van der Waals surface area (Å²) in [5, 5.41) is 5.92. The van der Waals surface area contributed by atoms with Crippen molar-refractivity contribution in [3.63, 3.8) is 0 Å². The fraction of sp³-hybridized carbons (Fsp3) is 0.667. The summed E-state index contributed by atoms with van der Waals surface area (Å²) in [4.78, 5) is 4.02. The van der Waals surface area contributed by atoms with Crippen molar-refractivity contribution in [1.82, 2.24) is 4.98 Å². The van der Waals surface area contributed by atoms with Gasteiger partial charge in [0.25, 0.3) is 0 Å². The number of pyridine rings is 1. The molecule has 0 fully saturated rings. The second-order valence-corrected chi connectivity index (χ2v) is 4.95. The lowest BCUT2D eigenvalue weighted by molar-refractivity contribution is 0.546. The molecule has 1 rings (SSSR count). The second-order valence-electron chi connectivity index (χ2n) is 4.95. The first-order chi connectivity index (χ1) is 9.62. The lowest BCUT2D eigenvalue weighted by Gasteiger charge is -2.19. The Balaban J connectivity index is 2.84. The van der Waals surface area contributed by atoms with Crippen LogP contribution in [0.4, 0.5) is 20.4 Å². The Kier molecular flexibility index (Phi) is 7.26. The summed E-state index contributed by atoms with van der Waals surface area (Å²) in [7, 11) is 0. The molecule has 1 aromatic rings. The van der Waals surface area contributed by atoms with Gasteiger partial charge in [-0.2, -0.15) is 0 Å². The molecule has 0 amide bonds. The van der Waals surface area contributed by atoms with Crippen molar-refractivity contribution in [2.75, 3.05) is 17.2 Å². The molecule has 20 heavy (non-hydrogen) atoms. The zero-order valence-corrected chi connectivity index (χ0v) is 12.6. The molecule has 1 heterocycles. The Bertz CT molecular complexity index is 410. The van der Waals surface area contributed by atoms with E-state index in [9.17, 15) is 8.78 Å². The van der Waals surface area contributed by atoms with Gasteiger partial charge in [0, 0.05) is 18.7 Å². The summed E-state index contributed by atoms with van der Waals surface area (Å²) in [6, 6.07) is 1.07. The van der Waals surface area contributed by atoms with E-state index in [1.807, 2.05) is 6.92 Å². The monoisotopic (exact) mass is 285 g/mol. The van der Waals surface area contributed by atoms with Crippen molar-refractivity contribution < 1.29 is 8.78 Å². The molecule has 5 heteroatoms. The smallest absolute Gasteiger partial charge is 0.168 e. The van der Waals surface area contributed by atoms with E-state index in [4.69, 9.17) is 0 Å². The Morgan fingerprint density at radius 1 is 1.05 bits per heavy atom. The van der Waals surface area contributed by atoms with Gasteiger partial charge < -0.3 is 10.6 Å². The Morgan fingerprint density at radius 2 is 1.75 bits per heavy atom. The van der Waals surface area contributed by atoms with Crippen LogP contribution in [0.3, 0.4) is 0 Å². The third-order valence-electron chi connectivity index (χ3n) is 3.16. The number of hydrogen-bond acceptors (Lipinski definition) is 3. The van der Waals surface area contributed by atoms with E-state index in [0.29, 0.717) is 6.54 Å². The fourth-order valence-electron chi connectivity index (χ4n) is 2.14. The highest BCUT2D eigenvalue weighted by Gasteiger charge is 2.15.